The van der Waals surface area contributed by atoms with Crippen molar-refractivity contribution in [3.63, 3.8) is 0 Å². The SMILES string of the molecule is CSc1nc(SC)nc(-c2ccccc2)n1. The minimum atomic E-state index is 0.740. The molecule has 0 aliphatic heterocycles. The summed E-state index contributed by atoms with van der Waals surface area (Å²) in [5.41, 5.74) is 1.02. The Morgan fingerprint density at radius 1 is 0.812 bits per heavy atom. The molecule has 3 nitrogen and oxygen atoms in total. The van der Waals surface area contributed by atoms with E-state index in [1.165, 1.54) is 23.5 Å². The smallest absolute Gasteiger partial charge is 0.191 e. The molecule has 0 radical (unpaired) electrons. The predicted molar refractivity (Wildman–Crippen MR) is 68.8 cm³/mol. The number of hydrogen-bond donors (Lipinski definition) is 0. The van der Waals surface area contributed by atoms with E-state index in [9.17, 15) is 0 Å². The normalized spacial score (nSPS) is 10.4. The molecule has 1 aromatic heterocycles. The third kappa shape index (κ3) is 2.54. The Balaban J connectivity index is 2.48. The quantitative estimate of drug-likeness (QED) is 0.782. The van der Waals surface area contributed by atoms with Gasteiger partial charge in [-0.25, -0.2) is 9.97 Å². The van der Waals surface area contributed by atoms with E-state index >= 15 is 0 Å². The summed E-state index contributed by atoms with van der Waals surface area (Å²) in [5.74, 6) is 0.740. The van der Waals surface area contributed by atoms with Crippen molar-refractivity contribution in [1.82, 2.24) is 15.0 Å². The number of nitrogens with zero attached hydrogens (tertiary/aromatic N) is 3. The zero-order valence-electron chi connectivity index (χ0n) is 9.04. The van der Waals surface area contributed by atoms with Crippen molar-refractivity contribution in [1.29, 1.82) is 0 Å². The summed E-state index contributed by atoms with van der Waals surface area (Å²) in [6, 6.07) is 9.95. The van der Waals surface area contributed by atoms with Crippen LogP contribution >= 0.6 is 23.5 Å². The summed E-state index contributed by atoms with van der Waals surface area (Å²) in [6.07, 6.45) is 3.93. The Hall–Kier alpha value is -1.07. The Morgan fingerprint density at radius 3 is 1.88 bits per heavy atom. The van der Waals surface area contributed by atoms with E-state index in [0.29, 0.717) is 0 Å². The molecular formula is C11H11N3S2. The average molecular weight is 249 g/mol. The first-order valence-corrected chi connectivity index (χ1v) is 7.18. The maximum atomic E-state index is 4.40. The van der Waals surface area contributed by atoms with Crippen LogP contribution in [0.3, 0.4) is 0 Å². The molecule has 0 saturated carbocycles. The van der Waals surface area contributed by atoms with E-state index in [1.54, 1.807) is 0 Å². The molecule has 0 aliphatic rings. The van der Waals surface area contributed by atoms with Crippen molar-refractivity contribution in [2.45, 2.75) is 10.3 Å². The molecule has 16 heavy (non-hydrogen) atoms. The van der Waals surface area contributed by atoms with Gasteiger partial charge in [-0.1, -0.05) is 53.9 Å². The number of rotatable bonds is 3. The first-order chi connectivity index (χ1) is 7.83. The van der Waals surface area contributed by atoms with Crippen molar-refractivity contribution in [3.8, 4) is 11.4 Å². The molecule has 82 valence electrons. The molecule has 0 N–H and O–H groups in total. The van der Waals surface area contributed by atoms with Gasteiger partial charge < -0.3 is 0 Å². The van der Waals surface area contributed by atoms with Crippen LogP contribution in [0.5, 0.6) is 0 Å². The van der Waals surface area contributed by atoms with Gasteiger partial charge in [-0.15, -0.1) is 0 Å². The zero-order chi connectivity index (χ0) is 11.4. The minimum absolute atomic E-state index is 0.740. The lowest BCUT2D eigenvalue weighted by molar-refractivity contribution is 0.812. The van der Waals surface area contributed by atoms with Crippen LogP contribution in [0.25, 0.3) is 11.4 Å². The number of hydrogen-bond acceptors (Lipinski definition) is 5. The molecule has 1 aromatic carbocycles. The molecule has 0 atom stereocenters. The van der Waals surface area contributed by atoms with Gasteiger partial charge in [-0.05, 0) is 12.5 Å². The molecular weight excluding hydrogens is 238 g/mol. The van der Waals surface area contributed by atoms with Gasteiger partial charge in [-0.2, -0.15) is 4.98 Å². The second-order valence-corrected chi connectivity index (χ2v) is 4.55. The number of aromatic nitrogens is 3. The van der Waals surface area contributed by atoms with Crippen molar-refractivity contribution >= 4 is 23.5 Å². The van der Waals surface area contributed by atoms with E-state index < -0.39 is 0 Å². The highest BCUT2D eigenvalue weighted by Gasteiger charge is 2.06. The van der Waals surface area contributed by atoms with Crippen LogP contribution in [-0.4, -0.2) is 27.5 Å². The second-order valence-electron chi connectivity index (χ2n) is 3.00. The van der Waals surface area contributed by atoms with E-state index in [0.717, 1.165) is 21.7 Å². The van der Waals surface area contributed by atoms with Crippen molar-refractivity contribution in [2.75, 3.05) is 12.5 Å². The van der Waals surface area contributed by atoms with Gasteiger partial charge >= 0.3 is 0 Å². The fourth-order valence-electron chi connectivity index (χ4n) is 1.24. The van der Waals surface area contributed by atoms with Crippen LogP contribution in [0.1, 0.15) is 0 Å². The van der Waals surface area contributed by atoms with Gasteiger partial charge in [0.15, 0.2) is 16.1 Å². The first-order valence-electron chi connectivity index (χ1n) is 4.73. The van der Waals surface area contributed by atoms with Crippen LogP contribution in [0.2, 0.25) is 0 Å². The highest BCUT2D eigenvalue weighted by Crippen LogP contribution is 2.20. The summed E-state index contributed by atoms with van der Waals surface area (Å²) in [6.45, 7) is 0. The van der Waals surface area contributed by atoms with Gasteiger partial charge in [-0.3, -0.25) is 0 Å². The van der Waals surface area contributed by atoms with Gasteiger partial charge in [0.1, 0.15) is 0 Å². The maximum Gasteiger partial charge on any atom is 0.191 e. The summed E-state index contributed by atoms with van der Waals surface area (Å²) in [5, 5.41) is 1.52. The molecule has 0 unspecified atom stereocenters. The summed E-state index contributed by atoms with van der Waals surface area (Å²) in [4.78, 5) is 13.1. The van der Waals surface area contributed by atoms with E-state index in [-0.39, 0.29) is 0 Å². The van der Waals surface area contributed by atoms with Crippen LogP contribution in [0, 0.1) is 0 Å². The lowest BCUT2D eigenvalue weighted by Gasteiger charge is -2.03. The molecule has 2 rings (SSSR count). The Labute approximate surface area is 103 Å². The third-order valence-electron chi connectivity index (χ3n) is 1.99. The third-order valence-corrected chi connectivity index (χ3v) is 3.09. The fourth-order valence-corrected chi connectivity index (χ4v) is 2.01. The van der Waals surface area contributed by atoms with Crippen LogP contribution in [-0.2, 0) is 0 Å². The topological polar surface area (TPSA) is 38.7 Å². The van der Waals surface area contributed by atoms with E-state index in [4.69, 9.17) is 0 Å². The number of thioether (sulfide) groups is 2. The van der Waals surface area contributed by atoms with Gasteiger partial charge in [0.2, 0.25) is 0 Å². The number of benzene rings is 1. The van der Waals surface area contributed by atoms with Gasteiger partial charge in [0.05, 0.1) is 0 Å². The predicted octanol–water partition coefficient (Wildman–Crippen LogP) is 2.98. The van der Waals surface area contributed by atoms with Gasteiger partial charge in [0.25, 0.3) is 0 Å². The maximum absolute atomic E-state index is 4.40. The second kappa shape index (κ2) is 5.32. The van der Waals surface area contributed by atoms with Crippen LogP contribution in [0.4, 0.5) is 0 Å². The van der Waals surface area contributed by atoms with Crippen LogP contribution in [0.15, 0.2) is 40.6 Å². The standard InChI is InChI=1S/C11H11N3S2/c1-15-10-12-9(13-11(14-10)16-2)8-6-4-3-5-7-8/h3-7H,1-2H3. The lowest BCUT2D eigenvalue weighted by atomic mass is 10.2. The average Bonchev–Trinajstić information content (AvgIpc) is 2.39. The highest BCUT2D eigenvalue weighted by atomic mass is 32.2. The van der Waals surface area contributed by atoms with Crippen molar-refractivity contribution < 1.29 is 0 Å². The molecule has 5 heteroatoms. The monoisotopic (exact) mass is 249 g/mol. The fraction of sp³-hybridized carbons (Fsp3) is 0.182. The van der Waals surface area contributed by atoms with Gasteiger partial charge in [0, 0.05) is 5.56 Å². The highest BCUT2D eigenvalue weighted by molar-refractivity contribution is 7.99. The molecule has 2 aromatic rings. The Kier molecular flexibility index (Phi) is 3.79. The summed E-state index contributed by atoms with van der Waals surface area (Å²) >= 11 is 3.06. The van der Waals surface area contributed by atoms with Crippen molar-refractivity contribution in [3.05, 3.63) is 30.3 Å². The van der Waals surface area contributed by atoms with E-state index in [2.05, 4.69) is 15.0 Å². The van der Waals surface area contributed by atoms with Crippen LogP contribution < -0.4 is 0 Å². The summed E-state index contributed by atoms with van der Waals surface area (Å²) < 4.78 is 0. The minimum Gasteiger partial charge on any atom is -0.202 e. The molecule has 0 amide bonds. The molecule has 0 aliphatic carbocycles. The first kappa shape index (κ1) is 11.4. The Bertz CT molecular complexity index is 452. The molecule has 0 spiro atoms. The molecule has 1 heterocycles. The Morgan fingerprint density at radius 2 is 1.38 bits per heavy atom. The zero-order valence-corrected chi connectivity index (χ0v) is 10.7. The summed E-state index contributed by atoms with van der Waals surface area (Å²) in [7, 11) is 0. The molecule has 0 bridgehead atoms. The molecule has 0 fully saturated rings. The van der Waals surface area contributed by atoms with Crippen molar-refractivity contribution in [2.24, 2.45) is 0 Å². The lowest BCUT2D eigenvalue weighted by Crippen LogP contribution is -1.96. The largest absolute Gasteiger partial charge is 0.202 e. The van der Waals surface area contributed by atoms with E-state index in [1.807, 2.05) is 42.8 Å². The molecule has 0 saturated heterocycles.